The Kier molecular flexibility index (Phi) is 5.65. The van der Waals surface area contributed by atoms with Crippen LogP contribution < -0.4 is 5.32 Å². The molecule has 4 rings (SSSR count). The molecule has 2 aromatic carbocycles. The van der Waals surface area contributed by atoms with Crippen LogP contribution in [-0.4, -0.2) is 42.5 Å². The van der Waals surface area contributed by atoms with Gasteiger partial charge in [0.1, 0.15) is 6.04 Å². The molecule has 0 spiro atoms. The van der Waals surface area contributed by atoms with Crippen molar-refractivity contribution < 1.29 is 13.2 Å². The van der Waals surface area contributed by atoms with Crippen LogP contribution in [0.2, 0.25) is 0 Å². The molecule has 9 heteroatoms. The maximum Gasteiger partial charge on any atom is 0.244 e. The molecule has 1 unspecified atom stereocenters. The van der Waals surface area contributed by atoms with Gasteiger partial charge in [0.25, 0.3) is 0 Å². The number of carbonyl (C=O) groups is 1. The molecule has 3 aromatic rings. The smallest absolute Gasteiger partial charge is 0.244 e. The molecule has 1 fully saturated rings. The third-order valence-electron chi connectivity index (χ3n) is 4.96. The number of amides is 1. The number of nitrogens with one attached hydrogen (secondary N) is 1. The van der Waals surface area contributed by atoms with Crippen LogP contribution in [-0.2, 0) is 14.8 Å². The number of aromatic nitrogens is 1. The van der Waals surface area contributed by atoms with E-state index in [4.69, 9.17) is 0 Å². The molecule has 2 heterocycles. The minimum atomic E-state index is -3.72. The lowest BCUT2D eigenvalue weighted by atomic mass is 10.2. The van der Waals surface area contributed by atoms with Crippen molar-refractivity contribution in [2.24, 2.45) is 0 Å². The summed E-state index contributed by atoms with van der Waals surface area (Å²) in [5.41, 5.74) is 1.80. The number of carbonyl (C=O) groups excluding carboxylic acids is 1. The summed E-state index contributed by atoms with van der Waals surface area (Å²) in [6.07, 6.45) is 3.16. The van der Waals surface area contributed by atoms with Crippen LogP contribution in [0.15, 0.2) is 52.3 Å². The highest BCUT2D eigenvalue weighted by atomic mass is 32.2. The Balaban J connectivity index is 1.55. The molecule has 1 aliphatic rings. The third kappa shape index (κ3) is 4.05. The van der Waals surface area contributed by atoms with Crippen molar-refractivity contribution >= 4 is 54.4 Å². The van der Waals surface area contributed by atoms with E-state index < -0.39 is 16.1 Å². The topological polar surface area (TPSA) is 79.4 Å². The van der Waals surface area contributed by atoms with Crippen LogP contribution in [0, 0.1) is 6.92 Å². The molecule has 152 valence electrons. The van der Waals surface area contributed by atoms with Crippen LogP contribution in [0.25, 0.3) is 10.2 Å². The fourth-order valence-corrected chi connectivity index (χ4v) is 6.49. The van der Waals surface area contributed by atoms with Gasteiger partial charge in [-0.05, 0) is 56.4 Å². The number of aryl methyl sites for hydroxylation is 1. The number of hydrogen-bond donors (Lipinski definition) is 1. The van der Waals surface area contributed by atoms with Crippen LogP contribution in [0.1, 0.15) is 18.4 Å². The molecule has 6 nitrogen and oxygen atoms in total. The fraction of sp³-hybridized carbons (Fsp3) is 0.300. The van der Waals surface area contributed by atoms with Crippen LogP contribution in [0.4, 0.5) is 5.13 Å². The number of nitrogens with zero attached hydrogens (tertiary/aromatic N) is 2. The van der Waals surface area contributed by atoms with E-state index in [2.05, 4.69) is 10.3 Å². The van der Waals surface area contributed by atoms with Crippen molar-refractivity contribution in [2.75, 3.05) is 18.1 Å². The summed E-state index contributed by atoms with van der Waals surface area (Å²) in [5, 5.41) is 3.32. The van der Waals surface area contributed by atoms with Gasteiger partial charge < -0.3 is 5.32 Å². The normalized spacial score (nSPS) is 17.7. The molecule has 29 heavy (non-hydrogen) atoms. The van der Waals surface area contributed by atoms with Gasteiger partial charge in [-0.15, -0.1) is 11.8 Å². The van der Waals surface area contributed by atoms with Gasteiger partial charge in [0.05, 0.1) is 15.1 Å². The first-order valence-electron chi connectivity index (χ1n) is 9.22. The zero-order valence-electron chi connectivity index (χ0n) is 16.1. The molecule has 0 bridgehead atoms. The standard InChI is InChI=1S/C20H21N3O3S3/c1-13-5-8-15(9-6-13)29(25,26)23-11-3-4-17(23)19(24)22-20-21-16-10-7-14(27-2)12-18(16)28-20/h5-10,12,17H,3-4,11H2,1-2H3,(H,21,22,24). The lowest BCUT2D eigenvalue weighted by molar-refractivity contribution is -0.119. The highest BCUT2D eigenvalue weighted by Gasteiger charge is 2.39. The van der Waals surface area contributed by atoms with Gasteiger partial charge in [0.2, 0.25) is 15.9 Å². The molecule has 1 N–H and O–H groups in total. The number of fused-ring (bicyclic) bond motifs is 1. The Morgan fingerprint density at radius 1 is 1.24 bits per heavy atom. The summed E-state index contributed by atoms with van der Waals surface area (Å²) < 4.78 is 28.4. The Morgan fingerprint density at radius 3 is 2.72 bits per heavy atom. The Hall–Kier alpha value is -1.94. The number of benzene rings is 2. The second-order valence-corrected chi connectivity index (χ2v) is 10.7. The van der Waals surface area contributed by atoms with E-state index in [1.54, 1.807) is 36.0 Å². The van der Waals surface area contributed by atoms with Gasteiger partial charge in [-0.2, -0.15) is 4.31 Å². The first kappa shape index (κ1) is 20.3. The zero-order chi connectivity index (χ0) is 20.6. The highest BCUT2D eigenvalue weighted by Crippen LogP contribution is 2.31. The fourth-order valence-electron chi connectivity index (χ4n) is 3.41. The van der Waals surface area contributed by atoms with Crippen LogP contribution in [0.3, 0.4) is 0 Å². The van der Waals surface area contributed by atoms with Gasteiger partial charge >= 0.3 is 0 Å². The molecule has 1 aromatic heterocycles. The van der Waals surface area contributed by atoms with Gasteiger partial charge in [0.15, 0.2) is 5.13 Å². The SMILES string of the molecule is CSc1ccc2nc(NC(=O)C3CCCN3S(=O)(=O)c3ccc(C)cc3)sc2c1. The van der Waals surface area contributed by atoms with E-state index in [0.29, 0.717) is 24.5 Å². The quantitative estimate of drug-likeness (QED) is 0.595. The number of thiazole rings is 1. The van der Waals surface area contributed by atoms with E-state index >= 15 is 0 Å². The molecule has 0 aliphatic carbocycles. The van der Waals surface area contributed by atoms with E-state index in [-0.39, 0.29) is 10.8 Å². The Morgan fingerprint density at radius 2 is 2.00 bits per heavy atom. The highest BCUT2D eigenvalue weighted by molar-refractivity contribution is 7.98. The Labute approximate surface area is 178 Å². The monoisotopic (exact) mass is 447 g/mol. The molecule has 1 saturated heterocycles. The summed E-state index contributed by atoms with van der Waals surface area (Å²) in [5.74, 6) is -0.331. The second kappa shape index (κ2) is 8.06. The zero-order valence-corrected chi connectivity index (χ0v) is 18.5. The molecule has 1 atom stereocenters. The predicted molar refractivity (Wildman–Crippen MR) is 118 cm³/mol. The number of rotatable bonds is 5. The van der Waals surface area contributed by atoms with Crippen molar-refractivity contribution in [1.82, 2.24) is 9.29 Å². The first-order valence-corrected chi connectivity index (χ1v) is 12.7. The first-order chi connectivity index (χ1) is 13.9. The predicted octanol–water partition coefficient (Wildman–Crippen LogP) is 4.12. The van der Waals surface area contributed by atoms with E-state index in [1.807, 2.05) is 31.4 Å². The van der Waals surface area contributed by atoms with Crippen molar-refractivity contribution in [1.29, 1.82) is 0 Å². The largest absolute Gasteiger partial charge is 0.301 e. The lowest BCUT2D eigenvalue weighted by Crippen LogP contribution is -2.43. The molecule has 0 saturated carbocycles. The average molecular weight is 448 g/mol. The molecular weight excluding hydrogens is 426 g/mol. The Bertz CT molecular complexity index is 1160. The number of anilines is 1. The van der Waals surface area contributed by atoms with Gasteiger partial charge in [-0.1, -0.05) is 29.0 Å². The summed E-state index contributed by atoms with van der Waals surface area (Å²) in [7, 11) is -3.72. The number of hydrogen-bond acceptors (Lipinski definition) is 6. The van der Waals surface area contributed by atoms with Crippen LogP contribution in [0.5, 0.6) is 0 Å². The maximum atomic E-state index is 13.1. The van der Waals surface area contributed by atoms with E-state index in [0.717, 1.165) is 20.7 Å². The lowest BCUT2D eigenvalue weighted by Gasteiger charge is -2.23. The van der Waals surface area contributed by atoms with Crippen molar-refractivity contribution in [3.8, 4) is 0 Å². The number of thioether (sulfide) groups is 1. The minimum absolute atomic E-state index is 0.215. The van der Waals surface area contributed by atoms with E-state index in [9.17, 15) is 13.2 Å². The van der Waals surface area contributed by atoms with Crippen molar-refractivity contribution in [3.63, 3.8) is 0 Å². The van der Waals surface area contributed by atoms with Gasteiger partial charge in [-0.25, -0.2) is 13.4 Å². The van der Waals surface area contributed by atoms with E-state index in [1.165, 1.54) is 15.6 Å². The molecule has 1 amide bonds. The van der Waals surface area contributed by atoms with Crippen molar-refractivity contribution in [2.45, 2.75) is 35.6 Å². The number of sulfonamides is 1. The van der Waals surface area contributed by atoms with Gasteiger partial charge in [0, 0.05) is 11.4 Å². The van der Waals surface area contributed by atoms with Crippen molar-refractivity contribution in [3.05, 3.63) is 48.0 Å². The second-order valence-electron chi connectivity index (χ2n) is 6.93. The maximum absolute atomic E-state index is 13.1. The molecule has 1 aliphatic heterocycles. The summed E-state index contributed by atoms with van der Waals surface area (Å²) in [6.45, 7) is 2.24. The van der Waals surface area contributed by atoms with Gasteiger partial charge in [-0.3, -0.25) is 4.79 Å². The van der Waals surface area contributed by atoms with Crippen LogP contribution >= 0.6 is 23.1 Å². The summed E-state index contributed by atoms with van der Waals surface area (Å²) >= 11 is 3.04. The molecule has 0 radical (unpaired) electrons. The minimum Gasteiger partial charge on any atom is -0.301 e. The third-order valence-corrected chi connectivity index (χ3v) is 8.54. The summed E-state index contributed by atoms with van der Waals surface area (Å²) in [4.78, 5) is 18.7. The summed E-state index contributed by atoms with van der Waals surface area (Å²) in [6, 6.07) is 11.9. The average Bonchev–Trinajstić information content (AvgIpc) is 3.34. The molecular formula is C20H21N3O3S3.